The third kappa shape index (κ3) is 3.55. The van der Waals surface area contributed by atoms with E-state index in [9.17, 15) is 0 Å². The number of thiophene rings is 1. The van der Waals surface area contributed by atoms with Crippen LogP contribution in [0.5, 0.6) is 5.75 Å². The summed E-state index contributed by atoms with van der Waals surface area (Å²) in [6.45, 7) is 3.47. The molecule has 0 radical (unpaired) electrons. The normalized spacial score (nSPS) is 10.6. The Morgan fingerprint density at radius 1 is 1.44 bits per heavy atom. The Morgan fingerprint density at radius 2 is 2.33 bits per heavy atom. The van der Waals surface area contributed by atoms with Crippen LogP contribution < -0.4 is 10.1 Å². The monoisotopic (exact) mass is 262 g/mol. The van der Waals surface area contributed by atoms with E-state index in [1.165, 1.54) is 4.88 Å². The predicted octanol–water partition coefficient (Wildman–Crippen LogP) is 2.79. The zero-order valence-corrected chi connectivity index (χ0v) is 11.6. The third-order valence-electron chi connectivity index (χ3n) is 2.63. The lowest BCUT2D eigenvalue weighted by Crippen LogP contribution is -2.09. The number of aromatic nitrogens is 1. The molecule has 0 aliphatic heterocycles. The molecule has 0 unspecified atom stereocenters. The van der Waals surface area contributed by atoms with Crippen molar-refractivity contribution >= 4 is 11.3 Å². The Hall–Kier alpha value is -1.39. The first-order chi connectivity index (χ1) is 8.79. The molecule has 96 valence electrons. The van der Waals surface area contributed by atoms with Gasteiger partial charge in [0.05, 0.1) is 6.61 Å². The lowest BCUT2D eigenvalue weighted by molar-refractivity contribution is 0.318. The maximum absolute atomic E-state index is 5.87. The van der Waals surface area contributed by atoms with Gasteiger partial charge in [-0.25, -0.2) is 0 Å². The number of hydrogen-bond donors (Lipinski definition) is 1. The Balaban J connectivity index is 1.96. The van der Waals surface area contributed by atoms with Gasteiger partial charge in [-0.1, -0.05) is 6.07 Å². The van der Waals surface area contributed by atoms with E-state index in [0.717, 1.165) is 30.0 Å². The van der Waals surface area contributed by atoms with E-state index < -0.39 is 0 Å². The second kappa shape index (κ2) is 6.52. The van der Waals surface area contributed by atoms with E-state index in [0.29, 0.717) is 6.61 Å². The van der Waals surface area contributed by atoms with E-state index in [4.69, 9.17) is 4.74 Å². The second-order valence-corrected chi connectivity index (χ2v) is 5.17. The molecule has 2 heterocycles. The Labute approximate surface area is 112 Å². The van der Waals surface area contributed by atoms with E-state index in [2.05, 4.69) is 27.8 Å². The van der Waals surface area contributed by atoms with Crippen LogP contribution >= 0.6 is 11.3 Å². The Kier molecular flexibility index (Phi) is 4.73. The summed E-state index contributed by atoms with van der Waals surface area (Å²) in [6, 6.07) is 6.21. The van der Waals surface area contributed by atoms with Crippen LogP contribution in [0, 0.1) is 6.92 Å². The first-order valence-electron chi connectivity index (χ1n) is 6.05. The fourth-order valence-corrected chi connectivity index (χ4v) is 2.43. The molecule has 0 amide bonds. The van der Waals surface area contributed by atoms with Gasteiger partial charge in [0.2, 0.25) is 0 Å². The highest BCUT2D eigenvalue weighted by atomic mass is 32.1. The molecule has 1 N–H and O–H groups in total. The van der Waals surface area contributed by atoms with E-state index in [1.807, 2.05) is 26.2 Å². The summed E-state index contributed by atoms with van der Waals surface area (Å²) in [7, 11) is 1.93. The maximum atomic E-state index is 5.87. The molecule has 0 aliphatic rings. The van der Waals surface area contributed by atoms with Gasteiger partial charge in [0.15, 0.2) is 0 Å². The molecule has 0 spiro atoms. The third-order valence-corrected chi connectivity index (χ3v) is 3.57. The summed E-state index contributed by atoms with van der Waals surface area (Å²) in [5.41, 5.74) is 2.09. The predicted molar refractivity (Wildman–Crippen MR) is 75.3 cm³/mol. The van der Waals surface area contributed by atoms with Gasteiger partial charge in [-0.2, -0.15) is 0 Å². The smallest absolute Gasteiger partial charge is 0.127 e. The van der Waals surface area contributed by atoms with Crippen molar-refractivity contribution in [3.63, 3.8) is 0 Å². The number of hydrogen-bond acceptors (Lipinski definition) is 4. The van der Waals surface area contributed by atoms with Crippen molar-refractivity contribution in [2.75, 3.05) is 13.7 Å². The lowest BCUT2D eigenvalue weighted by Gasteiger charge is -2.11. The van der Waals surface area contributed by atoms with Crippen molar-refractivity contribution in [1.29, 1.82) is 0 Å². The SMILES string of the molecule is CNCc1cnc(C)cc1OCCc1cccs1. The lowest BCUT2D eigenvalue weighted by atomic mass is 10.2. The molecule has 0 saturated heterocycles. The van der Waals surface area contributed by atoms with Crippen LogP contribution in [0.15, 0.2) is 29.8 Å². The molecule has 3 nitrogen and oxygen atoms in total. The van der Waals surface area contributed by atoms with Gasteiger partial charge < -0.3 is 10.1 Å². The van der Waals surface area contributed by atoms with Gasteiger partial charge >= 0.3 is 0 Å². The zero-order chi connectivity index (χ0) is 12.8. The van der Waals surface area contributed by atoms with Gasteiger partial charge in [0.1, 0.15) is 5.75 Å². The fourth-order valence-electron chi connectivity index (χ4n) is 1.74. The average molecular weight is 262 g/mol. The molecular weight excluding hydrogens is 244 g/mol. The Bertz CT molecular complexity index is 483. The second-order valence-electron chi connectivity index (χ2n) is 4.14. The minimum absolute atomic E-state index is 0.709. The molecule has 2 aromatic rings. The molecule has 4 heteroatoms. The van der Waals surface area contributed by atoms with Crippen molar-refractivity contribution in [3.8, 4) is 5.75 Å². The summed E-state index contributed by atoms with van der Waals surface area (Å²) in [4.78, 5) is 5.66. The van der Waals surface area contributed by atoms with E-state index in [-0.39, 0.29) is 0 Å². The minimum Gasteiger partial charge on any atom is -0.493 e. The van der Waals surface area contributed by atoms with Crippen molar-refractivity contribution < 1.29 is 4.74 Å². The molecular formula is C14H18N2OS. The van der Waals surface area contributed by atoms with Gasteiger partial charge in [-0.3, -0.25) is 4.98 Å². The van der Waals surface area contributed by atoms with Crippen molar-refractivity contribution in [1.82, 2.24) is 10.3 Å². The first kappa shape index (κ1) is 13.1. The van der Waals surface area contributed by atoms with Crippen LogP contribution in [0.25, 0.3) is 0 Å². The van der Waals surface area contributed by atoms with Crippen LogP contribution in [0.1, 0.15) is 16.1 Å². The largest absolute Gasteiger partial charge is 0.493 e. The van der Waals surface area contributed by atoms with Crippen molar-refractivity contribution in [2.24, 2.45) is 0 Å². The molecule has 0 aromatic carbocycles. The number of rotatable bonds is 6. The molecule has 0 bridgehead atoms. The summed E-state index contributed by atoms with van der Waals surface area (Å²) >= 11 is 1.77. The number of pyridine rings is 1. The van der Waals surface area contributed by atoms with Gasteiger partial charge in [0.25, 0.3) is 0 Å². The maximum Gasteiger partial charge on any atom is 0.127 e. The van der Waals surface area contributed by atoms with E-state index in [1.54, 1.807) is 11.3 Å². The standard InChI is InChI=1S/C14H18N2OS/c1-11-8-14(12(9-15-2)10-16-11)17-6-5-13-4-3-7-18-13/h3-4,7-8,10,15H,5-6,9H2,1-2H3. The highest BCUT2D eigenvalue weighted by Crippen LogP contribution is 2.19. The van der Waals surface area contributed by atoms with Gasteiger partial charge in [-0.15, -0.1) is 11.3 Å². The van der Waals surface area contributed by atoms with Gasteiger partial charge in [-0.05, 0) is 25.4 Å². The fraction of sp³-hybridized carbons (Fsp3) is 0.357. The molecule has 0 aliphatic carbocycles. The number of ether oxygens (including phenoxy) is 1. The summed E-state index contributed by atoms with van der Waals surface area (Å²) in [6.07, 6.45) is 2.84. The van der Waals surface area contributed by atoms with Gasteiger partial charge in [0, 0.05) is 41.4 Å². The van der Waals surface area contributed by atoms with E-state index >= 15 is 0 Å². The quantitative estimate of drug-likeness (QED) is 0.869. The zero-order valence-electron chi connectivity index (χ0n) is 10.8. The van der Waals surface area contributed by atoms with Crippen LogP contribution in [0.3, 0.4) is 0 Å². The molecule has 2 aromatic heterocycles. The van der Waals surface area contributed by atoms with Crippen LogP contribution in [-0.4, -0.2) is 18.6 Å². The van der Waals surface area contributed by atoms with Crippen LogP contribution in [-0.2, 0) is 13.0 Å². The number of aryl methyl sites for hydroxylation is 1. The van der Waals surface area contributed by atoms with Crippen LogP contribution in [0.4, 0.5) is 0 Å². The topological polar surface area (TPSA) is 34.2 Å². The summed E-state index contributed by atoms with van der Waals surface area (Å²) in [5, 5.41) is 5.23. The highest BCUT2D eigenvalue weighted by molar-refractivity contribution is 7.09. The molecule has 18 heavy (non-hydrogen) atoms. The molecule has 0 saturated carbocycles. The average Bonchev–Trinajstić information content (AvgIpc) is 2.86. The number of nitrogens with one attached hydrogen (secondary N) is 1. The molecule has 0 fully saturated rings. The van der Waals surface area contributed by atoms with Crippen LogP contribution in [0.2, 0.25) is 0 Å². The summed E-state index contributed by atoms with van der Waals surface area (Å²) in [5.74, 6) is 0.938. The first-order valence-corrected chi connectivity index (χ1v) is 6.93. The highest BCUT2D eigenvalue weighted by Gasteiger charge is 2.04. The molecule has 2 rings (SSSR count). The minimum atomic E-state index is 0.709. The molecule has 0 atom stereocenters. The number of nitrogens with zero attached hydrogens (tertiary/aromatic N) is 1. The van der Waals surface area contributed by atoms with Crippen molar-refractivity contribution in [3.05, 3.63) is 45.9 Å². The Morgan fingerprint density at radius 3 is 3.06 bits per heavy atom. The summed E-state index contributed by atoms with van der Waals surface area (Å²) < 4.78 is 5.87. The van der Waals surface area contributed by atoms with Crippen molar-refractivity contribution in [2.45, 2.75) is 19.9 Å².